The molecule has 4 heteroatoms. The number of imidazole rings is 1. The van der Waals surface area contributed by atoms with Crippen molar-refractivity contribution in [1.82, 2.24) is 19.7 Å². The Kier molecular flexibility index (Phi) is 2.84. The van der Waals surface area contributed by atoms with Crippen molar-refractivity contribution in [1.29, 1.82) is 0 Å². The monoisotopic (exact) mass is 280 g/mol. The van der Waals surface area contributed by atoms with Crippen LogP contribution in [0.25, 0.3) is 22.4 Å². The van der Waals surface area contributed by atoms with Gasteiger partial charge < -0.3 is 4.98 Å². The molecule has 4 rings (SSSR count). The molecule has 0 aliphatic heterocycles. The van der Waals surface area contributed by atoms with Gasteiger partial charge >= 0.3 is 0 Å². The summed E-state index contributed by atoms with van der Waals surface area (Å²) in [7, 11) is 1.99. The maximum absolute atomic E-state index is 4.82. The third-order valence-corrected chi connectivity index (χ3v) is 4.71. The fourth-order valence-electron chi connectivity index (χ4n) is 3.40. The number of para-hydroxylation sites is 1. The first-order chi connectivity index (χ1) is 10.3. The number of nitrogens with one attached hydrogen (secondary N) is 1. The highest BCUT2D eigenvalue weighted by molar-refractivity contribution is 5.91. The number of nitrogens with zero attached hydrogens (tertiary/aromatic N) is 3. The van der Waals surface area contributed by atoms with Crippen LogP contribution in [0.5, 0.6) is 0 Å². The van der Waals surface area contributed by atoms with Gasteiger partial charge in [-0.1, -0.05) is 31.5 Å². The van der Waals surface area contributed by atoms with Gasteiger partial charge in [-0.3, -0.25) is 4.68 Å². The minimum absolute atomic E-state index is 0.797. The van der Waals surface area contributed by atoms with Crippen LogP contribution in [0.15, 0.2) is 24.3 Å². The van der Waals surface area contributed by atoms with E-state index in [1.165, 1.54) is 24.2 Å². The van der Waals surface area contributed by atoms with Crippen LogP contribution in [0.4, 0.5) is 0 Å². The van der Waals surface area contributed by atoms with E-state index in [0.717, 1.165) is 41.2 Å². The van der Waals surface area contributed by atoms with E-state index in [4.69, 9.17) is 4.98 Å². The highest BCUT2D eigenvalue weighted by Crippen LogP contribution is 2.30. The van der Waals surface area contributed by atoms with E-state index in [-0.39, 0.29) is 0 Å². The van der Waals surface area contributed by atoms with Crippen LogP contribution < -0.4 is 0 Å². The van der Waals surface area contributed by atoms with E-state index in [1.807, 2.05) is 17.8 Å². The number of aromatic nitrogens is 4. The molecule has 2 heterocycles. The van der Waals surface area contributed by atoms with Crippen molar-refractivity contribution in [2.75, 3.05) is 0 Å². The van der Waals surface area contributed by atoms with Crippen LogP contribution in [-0.4, -0.2) is 19.7 Å². The molecule has 21 heavy (non-hydrogen) atoms. The SMILES string of the molecule is CCC1CCc2nc(-c3nn(C)c4ccccc34)[nH]c2C1. The first-order valence-corrected chi connectivity index (χ1v) is 7.76. The van der Waals surface area contributed by atoms with E-state index in [1.54, 1.807) is 0 Å². The van der Waals surface area contributed by atoms with Gasteiger partial charge in [-0.05, 0) is 31.2 Å². The molecule has 1 aliphatic carbocycles. The van der Waals surface area contributed by atoms with Crippen LogP contribution in [-0.2, 0) is 19.9 Å². The van der Waals surface area contributed by atoms with Gasteiger partial charge in [0.1, 0.15) is 5.69 Å². The van der Waals surface area contributed by atoms with Crippen molar-refractivity contribution in [3.63, 3.8) is 0 Å². The lowest BCUT2D eigenvalue weighted by Crippen LogP contribution is -2.12. The number of hydrogen-bond donors (Lipinski definition) is 1. The Balaban J connectivity index is 1.82. The topological polar surface area (TPSA) is 46.5 Å². The smallest absolute Gasteiger partial charge is 0.159 e. The second-order valence-electron chi connectivity index (χ2n) is 6.02. The second kappa shape index (κ2) is 4.72. The molecule has 108 valence electrons. The molecule has 0 saturated heterocycles. The first kappa shape index (κ1) is 12.6. The summed E-state index contributed by atoms with van der Waals surface area (Å²) < 4.78 is 1.93. The number of H-pyrrole nitrogens is 1. The molecule has 0 amide bonds. The fraction of sp³-hybridized carbons (Fsp3) is 0.412. The Morgan fingerprint density at radius 3 is 3.05 bits per heavy atom. The van der Waals surface area contributed by atoms with Crippen molar-refractivity contribution in [2.24, 2.45) is 13.0 Å². The maximum Gasteiger partial charge on any atom is 0.159 e. The molecule has 0 spiro atoms. The summed E-state index contributed by atoms with van der Waals surface area (Å²) in [4.78, 5) is 8.35. The van der Waals surface area contributed by atoms with E-state index in [9.17, 15) is 0 Å². The lowest BCUT2D eigenvalue weighted by molar-refractivity contribution is 0.438. The van der Waals surface area contributed by atoms with Crippen LogP contribution in [0, 0.1) is 5.92 Å². The van der Waals surface area contributed by atoms with Crippen molar-refractivity contribution in [3.8, 4) is 11.5 Å². The molecule has 1 aliphatic rings. The van der Waals surface area contributed by atoms with Gasteiger partial charge in [-0.2, -0.15) is 5.10 Å². The molecule has 1 N–H and O–H groups in total. The molecule has 3 aromatic rings. The van der Waals surface area contributed by atoms with E-state index < -0.39 is 0 Å². The minimum Gasteiger partial charge on any atom is -0.340 e. The third kappa shape index (κ3) is 1.97. The summed E-state index contributed by atoms with van der Waals surface area (Å²) in [6.45, 7) is 2.28. The van der Waals surface area contributed by atoms with Gasteiger partial charge in [0.05, 0.1) is 11.2 Å². The van der Waals surface area contributed by atoms with Crippen molar-refractivity contribution >= 4 is 10.9 Å². The highest BCUT2D eigenvalue weighted by Gasteiger charge is 2.23. The molecule has 2 aromatic heterocycles. The summed E-state index contributed by atoms with van der Waals surface area (Å²) in [5.41, 5.74) is 4.67. The molecule has 0 bridgehead atoms. The van der Waals surface area contributed by atoms with E-state index >= 15 is 0 Å². The molecule has 4 nitrogen and oxygen atoms in total. The van der Waals surface area contributed by atoms with Crippen molar-refractivity contribution in [2.45, 2.75) is 32.6 Å². The highest BCUT2D eigenvalue weighted by atomic mass is 15.3. The number of rotatable bonds is 2. The average Bonchev–Trinajstić information content (AvgIpc) is 3.08. The second-order valence-corrected chi connectivity index (χ2v) is 6.02. The van der Waals surface area contributed by atoms with Gasteiger partial charge in [0.2, 0.25) is 0 Å². The lowest BCUT2D eigenvalue weighted by Gasteiger charge is -2.18. The Bertz CT molecular complexity index is 796. The van der Waals surface area contributed by atoms with Crippen molar-refractivity contribution < 1.29 is 0 Å². The number of aryl methyl sites for hydroxylation is 2. The molecular formula is C17H20N4. The zero-order valence-electron chi connectivity index (χ0n) is 12.6. The average molecular weight is 280 g/mol. The largest absolute Gasteiger partial charge is 0.340 e. The van der Waals surface area contributed by atoms with Crippen LogP contribution in [0.2, 0.25) is 0 Å². The number of aromatic amines is 1. The summed E-state index contributed by atoms with van der Waals surface area (Å²) >= 11 is 0. The Morgan fingerprint density at radius 2 is 2.19 bits per heavy atom. The Labute approximate surface area is 124 Å². The zero-order chi connectivity index (χ0) is 14.4. The third-order valence-electron chi connectivity index (χ3n) is 4.71. The number of hydrogen-bond acceptors (Lipinski definition) is 2. The van der Waals surface area contributed by atoms with Crippen molar-refractivity contribution in [3.05, 3.63) is 35.7 Å². The van der Waals surface area contributed by atoms with Crippen LogP contribution in [0.1, 0.15) is 31.2 Å². The standard InChI is InChI=1S/C17H20N4/c1-3-11-8-9-13-14(10-11)19-17(18-13)16-12-6-4-5-7-15(12)21(2)20-16/h4-7,11H,3,8-10H2,1-2H3,(H,18,19). The summed E-state index contributed by atoms with van der Waals surface area (Å²) in [5.74, 6) is 1.72. The van der Waals surface area contributed by atoms with Gasteiger partial charge in [-0.25, -0.2) is 4.98 Å². The van der Waals surface area contributed by atoms with Gasteiger partial charge in [0.25, 0.3) is 0 Å². The van der Waals surface area contributed by atoms with Gasteiger partial charge in [0, 0.05) is 18.1 Å². The molecule has 0 saturated carbocycles. The normalized spacial score (nSPS) is 18.1. The molecule has 0 fully saturated rings. The fourth-order valence-corrected chi connectivity index (χ4v) is 3.40. The van der Waals surface area contributed by atoms with Crippen LogP contribution >= 0.6 is 0 Å². The molecule has 1 atom stereocenters. The summed E-state index contributed by atoms with van der Waals surface area (Å²) in [5, 5.41) is 5.83. The van der Waals surface area contributed by atoms with E-state index in [2.05, 4.69) is 35.2 Å². The summed E-state index contributed by atoms with van der Waals surface area (Å²) in [6, 6.07) is 8.33. The van der Waals surface area contributed by atoms with E-state index in [0.29, 0.717) is 0 Å². The Hall–Kier alpha value is -2.10. The molecule has 0 radical (unpaired) electrons. The minimum atomic E-state index is 0.797. The Morgan fingerprint density at radius 1 is 1.33 bits per heavy atom. The van der Waals surface area contributed by atoms with Crippen LogP contribution in [0.3, 0.4) is 0 Å². The lowest BCUT2D eigenvalue weighted by atomic mass is 9.88. The molecule has 1 aromatic carbocycles. The quantitative estimate of drug-likeness (QED) is 0.781. The summed E-state index contributed by atoms with van der Waals surface area (Å²) in [6.07, 6.45) is 4.73. The van der Waals surface area contributed by atoms with Gasteiger partial charge in [-0.15, -0.1) is 0 Å². The zero-order valence-corrected chi connectivity index (χ0v) is 12.6. The predicted octanol–water partition coefficient (Wildman–Crippen LogP) is 3.48. The van der Waals surface area contributed by atoms with Gasteiger partial charge in [0.15, 0.2) is 5.82 Å². The maximum atomic E-state index is 4.82. The predicted molar refractivity (Wildman–Crippen MR) is 84.1 cm³/mol. The molecule has 1 unspecified atom stereocenters. The number of benzene rings is 1. The molecular weight excluding hydrogens is 260 g/mol. The first-order valence-electron chi connectivity index (χ1n) is 7.76. The number of fused-ring (bicyclic) bond motifs is 2.